The van der Waals surface area contributed by atoms with Gasteiger partial charge in [-0.1, -0.05) is 6.07 Å². The lowest BCUT2D eigenvalue weighted by molar-refractivity contribution is 0.239. The standard InChI is InChI=1S/C13H17FN2/c1-10(2)16(7-6-15)9-12-4-5-13(14)8-11(12)3/h4-5,8,10H,7,9H2,1-3H3. The molecule has 0 aliphatic heterocycles. The van der Waals surface area contributed by atoms with Gasteiger partial charge in [-0.3, -0.25) is 4.90 Å². The van der Waals surface area contributed by atoms with Crippen molar-refractivity contribution in [2.45, 2.75) is 33.4 Å². The van der Waals surface area contributed by atoms with E-state index in [4.69, 9.17) is 5.26 Å². The van der Waals surface area contributed by atoms with Crippen molar-refractivity contribution in [3.8, 4) is 6.07 Å². The zero-order valence-corrected chi connectivity index (χ0v) is 10.00. The maximum absolute atomic E-state index is 12.9. The average Bonchev–Trinajstić information content (AvgIpc) is 2.20. The van der Waals surface area contributed by atoms with Gasteiger partial charge in [0.25, 0.3) is 0 Å². The molecule has 0 saturated heterocycles. The Morgan fingerprint density at radius 3 is 2.62 bits per heavy atom. The van der Waals surface area contributed by atoms with Crippen molar-refractivity contribution < 1.29 is 4.39 Å². The van der Waals surface area contributed by atoms with Gasteiger partial charge in [-0.2, -0.15) is 5.26 Å². The summed E-state index contributed by atoms with van der Waals surface area (Å²) < 4.78 is 12.9. The van der Waals surface area contributed by atoms with Crippen LogP contribution >= 0.6 is 0 Å². The Morgan fingerprint density at radius 1 is 1.44 bits per heavy atom. The first-order valence-corrected chi connectivity index (χ1v) is 5.40. The van der Waals surface area contributed by atoms with E-state index < -0.39 is 0 Å². The number of nitrogens with zero attached hydrogens (tertiary/aromatic N) is 2. The highest BCUT2D eigenvalue weighted by molar-refractivity contribution is 5.26. The number of benzene rings is 1. The summed E-state index contributed by atoms with van der Waals surface area (Å²) in [5.74, 6) is -0.211. The summed E-state index contributed by atoms with van der Waals surface area (Å²) in [7, 11) is 0. The lowest BCUT2D eigenvalue weighted by Gasteiger charge is -2.24. The van der Waals surface area contributed by atoms with Crippen LogP contribution in [0.25, 0.3) is 0 Å². The van der Waals surface area contributed by atoms with Crippen molar-refractivity contribution in [1.82, 2.24) is 4.90 Å². The van der Waals surface area contributed by atoms with Crippen LogP contribution < -0.4 is 0 Å². The van der Waals surface area contributed by atoms with E-state index in [-0.39, 0.29) is 5.82 Å². The van der Waals surface area contributed by atoms with E-state index in [1.54, 1.807) is 6.07 Å². The fourth-order valence-electron chi connectivity index (χ4n) is 1.57. The third-order valence-corrected chi connectivity index (χ3v) is 2.68. The minimum absolute atomic E-state index is 0.211. The van der Waals surface area contributed by atoms with Crippen LogP contribution in [0.1, 0.15) is 25.0 Å². The molecule has 3 heteroatoms. The Labute approximate surface area is 96.3 Å². The molecule has 86 valence electrons. The van der Waals surface area contributed by atoms with Gasteiger partial charge in [0.05, 0.1) is 12.6 Å². The maximum Gasteiger partial charge on any atom is 0.123 e. The molecular formula is C13H17FN2. The van der Waals surface area contributed by atoms with Crippen LogP contribution in [-0.2, 0) is 6.54 Å². The molecule has 0 aromatic heterocycles. The van der Waals surface area contributed by atoms with E-state index in [2.05, 4.69) is 24.8 Å². The monoisotopic (exact) mass is 220 g/mol. The summed E-state index contributed by atoms with van der Waals surface area (Å²) in [5.41, 5.74) is 2.01. The molecule has 0 N–H and O–H groups in total. The molecule has 0 heterocycles. The fourth-order valence-corrected chi connectivity index (χ4v) is 1.57. The highest BCUT2D eigenvalue weighted by atomic mass is 19.1. The van der Waals surface area contributed by atoms with Crippen LogP contribution in [0, 0.1) is 24.1 Å². The second-order valence-electron chi connectivity index (χ2n) is 4.23. The van der Waals surface area contributed by atoms with Gasteiger partial charge in [0.1, 0.15) is 5.82 Å². The Kier molecular flexibility index (Phi) is 4.45. The second kappa shape index (κ2) is 5.62. The zero-order valence-electron chi connectivity index (χ0n) is 10.00. The predicted molar refractivity (Wildman–Crippen MR) is 62.3 cm³/mol. The summed E-state index contributed by atoms with van der Waals surface area (Å²) in [5, 5.41) is 8.73. The van der Waals surface area contributed by atoms with E-state index in [9.17, 15) is 4.39 Å². The van der Waals surface area contributed by atoms with Crippen molar-refractivity contribution in [2.75, 3.05) is 6.54 Å². The molecule has 0 fully saturated rings. The lowest BCUT2D eigenvalue weighted by Crippen LogP contribution is -2.30. The first kappa shape index (κ1) is 12.7. The predicted octanol–water partition coefficient (Wildman–Crippen LogP) is 2.87. The first-order valence-electron chi connectivity index (χ1n) is 5.40. The Hall–Kier alpha value is -1.40. The molecule has 1 aromatic carbocycles. The van der Waals surface area contributed by atoms with Crippen molar-refractivity contribution in [1.29, 1.82) is 5.26 Å². The summed E-state index contributed by atoms with van der Waals surface area (Å²) in [4.78, 5) is 2.06. The minimum Gasteiger partial charge on any atom is -0.284 e. The smallest absolute Gasteiger partial charge is 0.123 e. The molecule has 2 nitrogen and oxygen atoms in total. The van der Waals surface area contributed by atoms with E-state index in [0.29, 0.717) is 19.1 Å². The molecule has 0 unspecified atom stereocenters. The largest absolute Gasteiger partial charge is 0.284 e. The number of nitriles is 1. The van der Waals surface area contributed by atoms with Gasteiger partial charge < -0.3 is 0 Å². The molecule has 0 saturated carbocycles. The van der Waals surface area contributed by atoms with Crippen LogP contribution in [0.5, 0.6) is 0 Å². The van der Waals surface area contributed by atoms with E-state index in [1.165, 1.54) is 12.1 Å². The molecule has 0 aliphatic rings. The van der Waals surface area contributed by atoms with Crippen molar-refractivity contribution in [2.24, 2.45) is 0 Å². The quantitative estimate of drug-likeness (QED) is 0.729. The molecule has 16 heavy (non-hydrogen) atoms. The minimum atomic E-state index is -0.211. The van der Waals surface area contributed by atoms with E-state index in [1.807, 2.05) is 6.92 Å². The number of halogens is 1. The Morgan fingerprint density at radius 2 is 2.12 bits per heavy atom. The van der Waals surface area contributed by atoms with Gasteiger partial charge in [0, 0.05) is 12.6 Å². The maximum atomic E-state index is 12.9. The third-order valence-electron chi connectivity index (χ3n) is 2.68. The highest BCUT2D eigenvalue weighted by Gasteiger charge is 2.11. The van der Waals surface area contributed by atoms with Gasteiger partial charge in [-0.05, 0) is 44.0 Å². The highest BCUT2D eigenvalue weighted by Crippen LogP contribution is 2.14. The normalized spacial score (nSPS) is 10.8. The first-order chi connectivity index (χ1) is 7.54. The van der Waals surface area contributed by atoms with Gasteiger partial charge >= 0.3 is 0 Å². The van der Waals surface area contributed by atoms with Crippen molar-refractivity contribution in [3.63, 3.8) is 0 Å². The third kappa shape index (κ3) is 3.32. The Bertz CT molecular complexity index is 393. The second-order valence-corrected chi connectivity index (χ2v) is 4.23. The molecule has 1 aromatic rings. The molecule has 0 amide bonds. The molecule has 0 aliphatic carbocycles. The zero-order chi connectivity index (χ0) is 12.1. The van der Waals surface area contributed by atoms with Gasteiger partial charge in [0.2, 0.25) is 0 Å². The topological polar surface area (TPSA) is 27.0 Å². The summed E-state index contributed by atoms with van der Waals surface area (Å²) in [6.07, 6.45) is 0. The average molecular weight is 220 g/mol. The van der Waals surface area contributed by atoms with Gasteiger partial charge in [-0.25, -0.2) is 4.39 Å². The number of rotatable bonds is 4. The van der Waals surface area contributed by atoms with Crippen LogP contribution in [-0.4, -0.2) is 17.5 Å². The molecule has 0 spiro atoms. The molecule has 0 bridgehead atoms. The van der Waals surface area contributed by atoms with Crippen LogP contribution in [0.3, 0.4) is 0 Å². The fraction of sp³-hybridized carbons (Fsp3) is 0.462. The SMILES string of the molecule is Cc1cc(F)ccc1CN(CC#N)C(C)C. The lowest BCUT2D eigenvalue weighted by atomic mass is 10.1. The van der Waals surface area contributed by atoms with E-state index in [0.717, 1.165) is 11.1 Å². The van der Waals surface area contributed by atoms with Crippen LogP contribution in [0.15, 0.2) is 18.2 Å². The van der Waals surface area contributed by atoms with Crippen molar-refractivity contribution in [3.05, 3.63) is 35.1 Å². The summed E-state index contributed by atoms with van der Waals surface area (Å²) in [6.45, 7) is 7.08. The summed E-state index contributed by atoms with van der Waals surface area (Å²) >= 11 is 0. The molecule has 1 rings (SSSR count). The van der Waals surface area contributed by atoms with E-state index >= 15 is 0 Å². The van der Waals surface area contributed by atoms with Gasteiger partial charge in [0.15, 0.2) is 0 Å². The van der Waals surface area contributed by atoms with Crippen molar-refractivity contribution >= 4 is 0 Å². The molecule has 0 atom stereocenters. The van der Waals surface area contributed by atoms with Gasteiger partial charge in [-0.15, -0.1) is 0 Å². The Balaban J connectivity index is 2.82. The number of hydrogen-bond acceptors (Lipinski definition) is 2. The molecular weight excluding hydrogens is 203 g/mol. The van der Waals surface area contributed by atoms with Crippen LogP contribution in [0.2, 0.25) is 0 Å². The number of aryl methyl sites for hydroxylation is 1. The number of hydrogen-bond donors (Lipinski definition) is 0. The van der Waals surface area contributed by atoms with Crippen LogP contribution in [0.4, 0.5) is 4.39 Å². The summed E-state index contributed by atoms with van der Waals surface area (Å²) in [6, 6.07) is 7.24. The molecule has 0 radical (unpaired) electrons.